The van der Waals surface area contributed by atoms with E-state index >= 15 is 0 Å². The Labute approximate surface area is 140 Å². The fourth-order valence-electron chi connectivity index (χ4n) is 2.63. The molecule has 24 heavy (non-hydrogen) atoms. The minimum Gasteiger partial charge on any atom is -0.383 e. The van der Waals surface area contributed by atoms with Gasteiger partial charge in [-0.3, -0.25) is 4.79 Å². The van der Waals surface area contributed by atoms with E-state index in [4.69, 9.17) is 0 Å². The highest BCUT2D eigenvalue weighted by Gasteiger charge is 2.03. The van der Waals surface area contributed by atoms with Gasteiger partial charge >= 0.3 is 0 Å². The molecule has 0 fully saturated rings. The Hall–Kier alpha value is -2.88. The topological polar surface area (TPSA) is 41.1 Å². The first-order valence-corrected chi connectivity index (χ1v) is 7.95. The van der Waals surface area contributed by atoms with Gasteiger partial charge in [-0.15, -0.1) is 0 Å². The standard InChI is InChI=1S/C20H19FN2O/c21-17-10-8-15(9-11-17)14-20(24)23-13-12-22-19-7-3-5-16-4-1-2-6-18(16)19/h1-11,22H,12-14H2,(H,23,24). The summed E-state index contributed by atoms with van der Waals surface area (Å²) in [6.07, 6.45) is 0.258. The second kappa shape index (κ2) is 7.59. The van der Waals surface area contributed by atoms with Crippen LogP contribution in [0.5, 0.6) is 0 Å². The van der Waals surface area contributed by atoms with E-state index in [1.54, 1.807) is 12.1 Å². The molecule has 0 radical (unpaired) electrons. The average Bonchev–Trinajstić information content (AvgIpc) is 2.61. The van der Waals surface area contributed by atoms with Crippen LogP contribution in [0.1, 0.15) is 5.56 Å². The molecule has 0 saturated heterocycles. The zero-order chi connectivity index (χ0) is 16.8. The monoisotopic (exact) mass is 322 g/mol. The third-order valence-corrected chi connectivity index (χ3v) is 3.83. The lowest BCUT2D eigenvalue weighted by Crippen LogP contribution is -2.30. The molecule has 0 aliphatic heterocycles. The maximum Gasteiger partial charge on any atom is 0.224 e. The quantitative estimate of drug-likeness (QED) is 0.679. The van der Waals surface area contributed by atoms with Crippen molar-refractivity contribution < 1.29 is 9.18 Å². The molecule has 0 aliphatic rings. The molecule has 3 rings (SSSR count). The summed E-state index contributed by atoms with van der Waals surface area (Å²) in [5.41, 5.74) is 1.86. The van der Waals surface area contributed by atoms with E-state index < -0.39 is 0 Å². The number of hydrogen-bond donors (Lipinski definition) is 2. The van der Waals surface area contributed by atoms with E-state index in [0.29, 0.717) is 13.1 Å². The predicted molar refractivity (Wildman–Crippen MR) is 95.6 cm³/mol. The van der Waals surface area contributed by atoms with Gasteiger partial charge in [0.25, 0.3) is 0 Å². The number of hydrogen-bond acceptors (Lipinski definition) is 2. The molecule has 4 heteroatoms. The molecule has 1 amide bonds. The molecule has 0 aliphatic carbocycles. The first-order chi connectivity index (χ1) is 11.7. The summed E-state index contributed by atoms with van der Waals surface area (Å²) in [4.78, 5) is 11.9. The van der Waals surface area contributed by atoms with Gasteiger partial charge in [0.05, 0.1) is 6.42 Å². The number of amides is 1. The number of fused-ring (bicyclic) bond motifs is 1. The molecular formula is C20H19FN2O. The third-order valence-electron chi connectivity index (χ3n) is 3.83. The second-order valence-electron chi connectivity index (χ2n) is 5.61. The van der Waals surface area contributed by atoms with Crippen molar-refractivity contribution >= 4 is 22.4 Å². The number of carbonyl (C=O) groups excluding carboxylic acids is 1. The van der Waals surface area contributed by atoms with Crippen LogP contribution >= 0.6 is 0 Å². The Kier molecular flexibility index (Phi) is 5.06. The summed E-state index contributed by atoms with van der Waals surface area (Å²) < 4.78 is 12.8. The van der Waals surface area contributed by atoms with Crippen LogP contribution in [0.3, 0.4) is 0 Å². The van der Waals surface area contributed by atoms with Gasteiger partial charge in [-0.1, -0.05) is 48.5 Å². The van der Waals surface area contributed by atoms with Gasteiger partial charge in [0.15, 0.2) is 0 Å². The maximum atomic E-state index is 12.8. The number of anilines is 1. The molecule has 0 saturated carbocycles. The van der Waals surface area contributed by atoms with Gasteiger partial charge in [0.1, 0.15) is 5.82 Å². The highest BCUT2D eigenvalue weighted by molar-refractivity contribution is 5.93. The summed E-state index contributed by atoms with van der Waals surface area (Å²) in [5.74, 6) is -0.361. The maximum absolute atomic E-state index is 12.8. The van der Waals surface area contributed by atoms with Crippen LogP contribution in [0.2, 0.25) is 0 Å². The Morgan fingerprint density at radius 2 is 1.62 bits per heavy atom. The van der Waals surface area contributed by atoms with Crippen LogP contribution in [0, 0.1) is 5.82 Å². The molecule has 0 heterocycles. The first-order valence-electron chi connectivity index (χ1n) is 7.95. The van der Waals surface area contributed by atoms with Crippen LogP contribution in [-0.2, 0) is 11.2 Å². The van der Waals surface area contributed by atoms with E-state index in [-0.39, 0.29) is 18.1 Å². The Bertz CT molecular complexity index is 825. The van der Waals surface area contributed by atoms with Gasteiger partial charge in [-0.2, -0.15) is 0 Å². The number of halogens is 1. The molecular weight excluding hydrogens is 303 g/mol. The van der Waals surface area contributed by atoms with Crippen molar-refractivity contribution in [2.75, 3.05) is 18.4 Å². The van der Waals surface area contributed by atoms with E-state index in [1.165, 1.54) is 17.5 Å². The summed E-state index contributed by atoms with van der Waals surface area (Å²) >= 11 is 0. The van der Waals surface area contributed by atoms with Gasteiger partial charge in [-0.25, -0.2) is 4.39 Å². The molecule has 0 aromatic heterocycles. The molecule has 0 spiro atoms. The molecule has 2 N–H and O–H groups in total. The van der Waals surface area contributed by atoms with Crippen molar-refractivity contribution in [3.63, 3.8) is 0 Å². The molecule has 0 bridgehead atoms. The van der Waals surface area contributed by atoms with Crippen LogP contribution in [-0.4, -0.2) is 19.0 Å². The minimum atomic E-state index is -0.293. The number of nitrogens with one attached hydrogen (secondary N) is 2. The summed E-state index contributed by atoms with van der Waals surface area (Å²) in [6.45, 7) is 1.17. The van der Waals surface area contributed by atoms with Crippen molar-refractivity contribution in [2.45, 2.75) is 6.42 Å². The zero-order valence-corrected chi connectivity index (χ0v) is 13.3. The molecule has 3 aromatic rings. The molecule has 3 nitrogen and oxygen atoms in total. The van der Waals surface area contributed by atoms with Crippen LogP contribution in [0.15, 0.2) is 66.7 Å². The first kappa shape index (κ1) is 16.0. The Morgan fingerprint density at radius 3 is 2.46 bits per heavy atom. The van der Waals surface area contributed by atoms with Crippen LogP contribution in [0.25, 0.3) is 10.8 Å². The average molecular weight is 322 g/mol. The molecule has 0 atom stereocenters. The van der Waals surface area contributed by atoms with E-state index in [2.05, 4.69) is 28.8 Å². The van der Waals surface area contributed by atoms with Gasteiger partial charge in [0.2, 0.25) is 5.91 Å². The molecule has 122 valence electrons. The van der Waals surface area contributed by atoms with Crippen LogP contribution < -0.4 is 10.6 Å². The molecule has 3 aromatic carbocycles. The summed E-state index contributed by atoms with van der Waals surface area (Å²) in [7, 11) is 0. The second-order valence-corrected chi connectivity index (χ2v) is 5.61. The Morgan fingerprint density at radius 1 is 0.875 bits per heavy atom. The smallest absolute Gasteiger partial charge is 0.224 e. The van der Waals surface area contributed by atoms with Crippen molar-refractivity contribution in [1.29, 1.82) is 0 Å². The van der Waals surface area contributed by atoms with Gasteiger partial charge in [0, 0.05) is 24.2 Å². The molecule has 0 unspecified atom stereocenters. The summed E-state index contributed by atoms with van der Waals surface area (Å²) in [5, 5.41) is 8.57. The SMILES string of the molecule is O=C(Cc1ccc(F)cc1)NCCNc1cccc2ccccc12. The van der Waals surface area contributed by atoms with E-state index in [0.717, 1.165) is 16.6 Å². The predicted octanol–water partition coefficient (Wildman–Crippen LogP) is 3.75. The van der Waals surface area contributed by atoms with Crippen molar-refractivity contribution in [2.24, 2.45) is 0 Å². The van der Waals surface area contributed by atoms with Crippen LogP contribution in [0.4, 0.5) is 10.1 Å². The fourth-order valence-corrected chi connectivity index (χ4v) is 2.63. The van der Waals surface area contributed by atoms with Crippen molar-refractivity contribution in [1.82, 2.24) is 5.32 Å². The van der Waals surface area contributed by atoms with Gasteiger partial charge in [-0.05, 0) is 29.1 Å². The number of carbonyl (C=O) groups is 1. The fraction of sp³-hybridized carbons (Fsp3) is 0.150. The highest BCUT2D eigenvalue weighted by Crippen LogP contribution is 2.22. The summed E-state index contributed by atoms with van der Waals surface area (Å²) in [6, 6.07) is 20.3. The number of benzene rings is 3. The lowest BCUT2D eigenvalue weighted by atomic mass is 10.1. The normalized spacial score (nSPS) is 10.5. The van der Waals surface area contributed by atoms with E-state index in [9.17, 15) is 9.18 Å². The minimum absolute atomic E-state index is 0.0682. The Balaban J connectivity index is 1.48. The zero-order valence-electron chi connectivity index (χ0n) is 13.3. The van der Waals surface area contributed by atoms with Gasteiger partial charge < -0.3 is 10.6 Å². The van der Waals surface area contributed by atoms with Crippen molar-refractivity contribution in [3.05, 3.63) is 78.1 Å². The number of rotatable bonds is 6. The largest absolute Gasteiger partial charge is 0.383 e. The lowest BCUT2D eigenvalue weighted by Gasteiger charge is -2.10. The van der Waals surface area contributed by atoms with Crippen molar-refractivity contribution in [3.8, 4) is 0 Å². The third kappa shape index (κ3) is 4.10. The highest BCUT2D eigenvalue weighted by atomic mass is 19.1. The lowest BCUT2D eigenvalue weighted by molar-refractivity contribution is -0.120. The van der Waals surface area contributed by atoms with E-state index in [1.807, 2.05) is 24.3 Å².